The lowest BCUT2D eigenvalue weighted by atomic mass is 10.2. The lowest BCUT2D eigenvalue weighted by Gasteiger charge is -2.06. The quantitative estimate of drug-likeness (QED) is 0.854. The molecule has 0 aliphatic rings. The van der Waals surface area contributed by atoms with Crippen molar-refractivity contribution in [2.75, 3.05) is 7.11 Å². The molecule has 1 aromatic carbocycles. The van der Waals surface area contributed by atoms with Crippen molar-refractivity contribution >= 4 is 21.6 Å². The van der Waals surface area contributed by atoms with Gasteiger partial charge >= 0.3 is 0 Å². The van der Waals surface area contributed by atoms with Crippen molar-refractivity contribution in [2.45, 2.75) is 11.5 Å². The van der Waals surface area contributed by atoms with Crippen molar-refractivity contribution in [1.29, 1.82) is 0 Å². The Morgan fingerprint density at radius 1 is 1.50 bits per heavy atom. The van der Waals surface area contributed by atoms with E-state index in [1.54, 1.807) is 0 Å². The molecule has 14 heavy (non-hydrogen) atoms. The third-order valence-corrected chi connectivity index (χ3v) is 2.88. The van der Waals surface area contributed by atoms with Gasteiger partial charge in [0.25, 0.3) is 0 Å². The Morgan fingerprint density at radius 3 is 2.64 bits per heavy atom. The fourth-order valence-corrected chi connectivity index (χ4v) is 2.03. The predicted molar refractivity (Wildman–Crippen MR) is 53.5 cm³/mol. The fourth-order valence-electron chi connectivity index (χ4n) is 1.09. The van der Waals surface area contributed by atoms with Crippen molar-refractivity contribution in [3.63, 3.8) is 0 Å². The van der Waals surface area contributed by atoms with E-state index in [0.29, 0.717) is 10.6 Å². The van der Waals surface area contributed by atoms with E-state index in [0.717, 1.165) is 0 Å². The molecule has 0 aliphatic heterocycles. The molecule has 1 aromatic rings. The maximum absolute atomic E-state index is 11.1. The molecule has 0 atom stereocenters. The molecule has 0 heterocycles. The molecule has 78 valence electrons. The molecule has 0 aliphatic carbocycles. The van der Waals surface area contributed by atoms with Crippen LogP contribution in [-0.4, -0.2) is 15.5 Å². The third kappa shape index (κ3) is 2.68. The Kier molecular flexibility index (Phi) is 3.49. The molecule has 0 saturated carbocycles. The summed E-state index contributed by atoms with van der Waals surface area (Å²) in [6.07, 6.45) is 0. The minimum absolute atomic E-state index is 0.0451. The van der Waals surface area contributed by atoms with Gasteiger partial charge in [0, 0.05) is 12.1 Å². The first kappa shape index (κ1) is 11.5. The first-order chi connectivity index (χ1) is 6.45. The van der Waals surface area contributed by atoms with E-state index in [9.17, 15) is 8.42 Å². The number of halogens is 1. The van der Waals surface area contributed by atoms with Crippen LogP contribution in [0.2, 0.25) is 5.02 Å². The summed E-state index contributed by atoms with van der Waals surface area (Å²) in [4.78, 5) is 0.0451. The number of ether oxygens (including phenoxy) is 1. The molecule has 0 fully saturated rings. The molecule has 6 heteroatoms. The summed E-state index contributed by atoms with van der Waals surface area (Å²) in [5, 5.41) is 5.46. The van der Waals surface area contributed by atoms with Gasteiger partial charge in [0.1, 0.15) is 0 Å². The van der Waals surface area contributed by atoms with Crippen LogP contribution in [0.1, 0.15) is 5.56 Å². The minimum atomic E-state index is -3.71. The van der Waals surface area contributed by atoms with Gasteiger partial charge in [0.15, 0.2) is 0 Å². The van der Waals surface area contributed by atoms with Gasteiger partial charge in [-0.05, 0) is 23.8 Å². The Morgan fingerprint density at radius 2 is 2.14 bits per heavy atom. The fraction of sp³-hybridized carbons (Fsp3) is 0.250. The number of methoxy groups -OCH3 is 1. The second-order valence-corrected chi connectivity index (χ2v) is 4.70. The normalized spacial score (nSPS) is 11.6. The van der Waals surface area contributed by atoms with Crippen LogP contribution in [0.4, 0.5) is 0 Å². The van der Waals surface area contributed by atoms with Crippen LogP contribution in [-0.2, 0) is 21.4 Å². The first-order valence-corrected chi connectivity index (χ1v) is 5.67. The van der Waals surface area contributed by atoms with Crippen LogP contribution in [0.3, 0.4) is 0 Å². The Balaban J connectivity index is 3.29. The highest BCUT2D eigenvalue weighted by atomic mass is 35.5. The van der Waals surface area contributed by atoms with Crippen LogP contribution in [0.15, 0.2) is 23.1 Å². The zero-order valence-electron chi connectivity index (χ0n) is 7.53. The van der Waals surface area contributed by atoms with Gasteiger partial charge in [-0.25, -0.2) is 13.6 Å². The maximum Gasteiger partial charge on any atom is 0.238 e. The number of primary sulfonamides is 1. The average Bonchev–Trinajstić information content (AvgIpc) is 2.02. The summed E-state index contributed by atoms with van der Waals surface area (Å²) in [7, 11) is -2.24. The number of rotatable bonds is 3. The van der Waals surface area contributed by atoms with Gasteiger partial charge in [-0.3, -0.25) is 0 Å². The SMILES string of the molecule is COCc1cc(Cl)ccc1S(N)(=O)=O. The monoisotopic (exact) mass is 235 g/mol. The lowest BCUT2D eigenvalue weighted by Crippen LogP contribution is -2.14. The van der Waals surface area contributed by atoms with E-state index in [2.05, 4.69) is 0 Å². The van der Waals surface area contributed by atoms with Gasteiger partial charge in [0.2, 0.25) is 10.0 Å². The van der Waals surface area contributed by atoms with Gasteiger partial charge in [-0.15, -0.1) is 0 Å². The summed E-state index contributed by atoms with van der Waals surface area (Å²) < 4.78 is 27.1. The molecule has 0 amide bonds. The number of hydrogen-bond acceptors (Lipinski definition) is 3. The zero-order chi connectivity index (χ0) is 10.8. The summed E-state index contributed by atoms with van der Waals surface area (Å²) in [6.45, 7) is 0.159. The summed E-state index contributed by atoms with van der Waals surface area (Å²) in [5.74, 6) is 0. The molecule has 0 spiro atoms. The Hall–Kier alpha value is -0.620. The van der Waals surface area contributed by atoms with Crippen molar-refractivity contribution in [3.05, 3.63) is 28.8 Å². The average molecular weight is 236 g/mol. The first-order valence-electron chi connectivity index (χ1n) is 3.75. The van der Waals surface area contributed by atoms with Crippen LogP contribution in [0, 0.1) is 0 Å². The molecule has 0 aromatic heterocycles. The Bertz CT molecular complexity index is 430. The molecule has 0 bridgehead atoms. The molecule has 0 unspecified atom stereocenters. The van der Waals surface area contributed by atoms with Gasteiger partial charge in [-0.1, -0.05) is 11.6 Å². The highest BCUT2D eigenvalue weighted by molar-refractivity contribution is 7.89. The topological polar surface area (TPSA) is 69.4 Å². The highest BCUT2D eigenvalue weighted by Gasteiger charge is 2.13. The number of sulfonamides is 1. The maximum atomic E-state index is 11.1. The number of nitrogens with two attached hydrogens (primary N) is 1. The molecular weight excluding hydrogens is 226 g/mol. The second-order valence-electron chi connectivity index (χ2n) is 2.73. The van der Waals surface area contributed by atoms with E-state index in [1.807, 2.05) is 0 Å². The van der Waals surface area contributed by atoms with Gasteiger partial charge < -0.3 is 4.74 Å². The van der Waals surface area contributed by atoms with Crippen LogP contribution in [0.25, 0.3) is 0 Å². The molecule has 4 nitrogen and oxygen atoms in total. The van der Waals surface area contributed by atoms with Crippen LogP contribution in [0.5, 0.6) is 0 Å². The predicted octanol–water partition coefficient (Wildman–Crippen LogP) is 1.13. The van der Waals surface area contributed by atoms with Crippen molar-refractivity contribution in [2.24, 2.45) is 5.14 Å². The minimum Gasteiger partial charge on any atom is -0.380 e. The summed E-state index contributed by atoms with van der Waals surface area (Å²) in [6, 6.07) is 4.36. The summed E-state index contributed by atoms with van der Waals surface area (Å²) >= 11 is 5.71. The van der Waals surface area contributed by atoms with Crippen LogP contribution < -0.4 is 5.14 Å². The van der Waals surface area contributed by atoms with E-state index in [1.165, 1.54) is 25.3 Å². The molecule has 0 radical (unpaired) electrons. The summed E-state index contributed by atoms with van der Waals surface area (Å²) in [5.41, 5.74) is 0.461. The highest BCUT2D eigenvalue weighted by Crippen LogP contribution is 2.19. The van der Waals surface area contributed by atoms with Gasteiger partial charge in [-0.2, -0.15) is 0 Å². The molecular formula is C8H10ClNO3S. The van der Waals surface area contributed by atoms with E-state index < -0.39 is 10.0 Å². The van der Waals surface area contributed by atoms with Crippen molar-refractivity contribution in [3.8, 4) is 0 Å². The van der Waals surface area contributed by atoms with Crippen molar-refractivity contribution < 1.29 is 13.2 Å². The zero-order valence-corrected chi connectivity index (χ0v) is 9.10. The van der Waals surface area contributed by atoms with Crippen LogP contribution >= 0.6 is 11.6 Å². The standard InChI is InChI=1S/C8H10ClNO3S/c1-13-5-6-4-7(9)2-3-8(6)14(10,11)12/h2-4H,5H2,1H3,(H2,10,11,12). The Labute approximate surface area is 87.7 Å². The van der Waals surface area contributed by atoms with E-state index in [-0.39, 0.29) is 11.5 Å². The smallest absolute Gasteiger partial charge is 0.238 e. The largest absolute Gasteiger partial charge is 0.380 e. The lowest BCUT2D eigenvalue weighted by molar-refractivity contribution is 0.182. The second kappa shape index (κ2) is 4.27. The van der Waals surface area contributed by atoms with Crippen molar-refractivity contribution in [1.82, 2.24) is 0 Å². The van der Waals surface area contributed by atoms with E-state index in [4.69, 9.17) is 21.5 Å². The third-order valence-electron chi connectivity index (χ3n) is 1.63. The molecule has 1 rings (SSSR count). The molecule has 2 N–H and O–H groups in total. The van der Waals surface area contributed by atoms with E-state index >= 15 is 0 Å². The number of benzene rings is 1. The molecule has 0 saturated heterocycles. The number of hydrogen-bond donors (Lipinski definition) is 1. The van der Waals surface area contributed by atoms with Gasteiger partial charge in [0.05, 0.1) is 11.5 Å².